The zero-order chi connectivity index (χ0) is 18.6. The van der Waals surface area contributed by atoms with Crippen molar-refractivity contribution >= 4 is 19.8 Å². The number of hydrogen-bond donors (Lipinski definition) is 1. The third-order valence-corrected chi connectivity index (χ3v) is 5.39. The number of thioether (sulfide) groups is 1. The van der Waals surface area contributed by atoms with Gasteiger partial charge < -0.3 is 19.6 Å². The largest absolute Gasteiger partial charge is 0.565 e. The van der Waals surface area contributed by atoms with Crippen LogP contribution in [0.4, 0.5) is 0 Å². The maximum atomic E-state index is 5.86. The lowest BCUT2D eigenvalue weighted by Crippen LogP contribution is -2.33. The molecule has 26 heavy (non-hydrogen) atoms. The van der Waals surface area contributed by atoms with E-state index in [1.807, 2.05) is 23.9 Å². The van der Waals surface area contributed by atoms with E-state index < -0.39 is 0 Å². The fourth-order valence-electron chi connectivity index (χ4n) is 3.03. The SMILES string of the molecule is [B]Oc1cc(CNCCN(CCC)CCC)ccc1OCC1=CCCS1. The van der Waals surface area contributed by atoms with Gasteiger partial charge in [-0.05, 0) is 50.0 Å². The Hall–Kier alpha value is -1.11. The van der Waals surface area contributed by atoms with E-state index in [0.29, 0.717) is 18.1 Å². The van der Waals surface area contributed by atoms with Crippen LogP contribution in [0.5, 0.6) is 11.5 Å². The summed E-state index contributed by atoms with van der Waals surface area (Å²) in [5.41, 5.74) is 1.14. The summed E-state index contributed by atoms with van der Waals surface area (Å²) < 4.78 is 10.9. The van der Waals surface area contributed by atoms with E-state index in [9.17, 15) is 0 Å². The lowest BCUT2D eigenvalue weighted by atomic mass is 10.2. The molecule has 1 aromatic rings. The molecule has 0 aliphatic carbocycles. The molecule has 0 saturated heterocycles. The van der Waals surface area contributed by atoms with Crippen LogP contribution in [0.15, 0.2) is 29.2 Å². The second-order valence-corrected chi connectivity index (χ2v) is 7.73. The summed E-state index contributed by atoms with van der Waals surface area (Å²) in [5.74, 6) is 2.44. The van der Waals surface area contributed by atoms with Crippen molar-refractivity contribution in [2.24, 2.45) is 0 Å². The molecular formula is C20H31BN2O2S. The van der Waals surface area contributed by atoms with Crippen molar-refractivity contribution in [3.63, 3.8) is 0 Å². The molecule has 0 unspecified atom stereocenters. The maximum absolute atomic E-state index is 5.86. The molecule has 0 saturated carbocycles. The molecule has 6 heteroatoms. The Kier molecular flexibility index (Phi) is 10.0. The molecule has 142 valence electrons. The van der Waals surface area contributed by atoms with Crippen molar-refractivity contribution in [3.8, 4) is 11.5 Å². The molecule has 2 rings (SSSR count). The first-order chi connectivity index (χ1) is 12.8. The van der Waals surface area contributed by atoms with E-state index in [1.54, 1.807) is 0 Å². The van der Waals surface area contributed by atoms with E-state index in [-0.39, 0.29) is 0 Å². The zero-order valence-electron chi connectivity index (χ0n) is 16.1. The first-order valence-corrected chi connectivity index (χ1v) is 10.6. The normalized spacial score (nSPS) is 13.9. The number of rotatable bonds is 13. The lowest BCUT2D eigenvalue weighted by molar-refractivity contribution is 0.274. The predicted molar refractivity (Wildman–Crippen MR) is 112 cm³/mol. The zero-order valence-corrected chi connectivity index (χ0v) is 16.9. The van der Waals surface area contributed by atoms with Gasteiger partial charge in [-0.15, -0.1) is 11.8 Å². The van der Waals surface area contributed by atoms with Gasteiger partial charge in [-0.3, -0.25) is 0 Å². The van der Waals surface area contributed by atoms with E-state index in [0.717, 1.165) is 37.4 Å². The molecule has 1 aromatic carbocycles. The summed E-state index contributed by atoms with van der Waals surface area (Å²) in [6.45, 7) is 10.2. The Bertz CT molecular complexity index is 563. The van der Waals surface area contributed by atoms with Gasteiger partial charge in [0.25, 0.3) is 0 Å². The highest BCUT2D eigenvalue weighted by molar-refractivity contribution is 8.03. The molecule has 1 N–H and O–H groups in total. The summed E-state index contributed by atoms with van der Waals surface area (Å²) in [5, 5.41) is 3.51. The van der Waals surface area contributed by atoms with Crippen LogP contribution in [0.3, 0.4) is 0 Å². The van der Waals surface area contributed by atoms with E-state index >= 15 is 0 Å². The Morgan fingerprint density at radius 2 is 1.96 bits per heavy atom. The van der Waals surface area contributed by atoms with Crippen LogP contribution in [0.1, 0.15) is 38.7 Å². The fraction of sp³-hybridized carbons (Fsp3) is 0.600. The molecule has 0 spiro atoms. The number of allylic oxidation sites excluding steroid dienone is 1. The van der Waals surface area contributed by atoms with Crippen LogP contribution in [0.2, 0.25) is 0 Å². The highest BCUT2D eigenvalue weighted by atomic mass is 32.2. The maximum Gasteiger partial charge on any atom is 0.374 e. The van der Waals surface area contributed by atoms with Gasteiger partial charge in [0.05, 0.1) is 0 Å². The molecule has 1 aliphatic rings. The topological polar surface area (TPSA) is 33.7 Å². The second-order valence-electron chi connectivity index (χ2n) is 6.51. The Labute approximate surface area is 164 Å². The van der Waals surface area contributed by atoms with Crippen LogP contribution in [0.25, 0.3) is 0 Å². The smallest absolute Gasteiger partial charge is 0.374 e. The summed E-state index contributed by atoms with van der Waals surface area (Å²) in [7, 11) is 5.44. The Balaban J connectivity index is 1.78. The van der Waals surface area contributed by atoms with Gasteiger partial charge in [0.2, 0.25) is 0 Å². The molecule has 0 bridgehead atoms. The number of hydrogen-bond acceptors (Lipinski definition) is 5. The molecule has 4 nitrogen and oxygen atoms in total. The van der Waals surface area contributed by atoms with Crippen molar-refractivity contribution in [2.45, 2.75) is 39.7 Å². The monoisotopic (exact) mass is 374 g/mol. The van der Waals surface area contributed by atoms with Gasteiger partial charge in [0.1, 0.15) is 12.4 Å². The molecule has 0 amide bonds. The summed E-state index contributed by atoms with van der Waals surface area (Å²) >= 11 is 1.85. The average Bonchev–Trinajstić information content (AvgIpc) is 3.17. The van der Waals surface area contributed by atoms with Gasteiger partial charge in [0, 0.05) is 30.3 Å². The third kappa shape index (κ3) is 7.26. The molecule has 1 aliphatic heterocycles. The predicted octanol–water partition coefficient (Wildman–Crippen LogP) is 3.76. The van der Waals surface area contributed by atoms with Gasteiger partial charge in [-0.25, -0.2) is 0 Å². The van der Waals surface area contributed by atoms with Crippen molar-refractivity contribution in [2.75, 3.05) is 38.5 Å². The quantitative estimate of drug-likeness (QED) is 0.420. The fourth-order valence-corrected chi connectivity index (χ4v) is 3.91. The standard InChI is InChI=1S/C20H31BN2O2S/c1-3-10-23(11-4-2)12-9-22-15-17-7-8-19(20(14-17)25-21)24-16-18-6-5-13-26-18/h6-8,14,22H,3-5,9-13,15-16H2,1-2H3. The van der Waals surface area contributed by atoms with E-state index in [4.69, 9.17) is 17.4 Å². The van der Waals surface area contributed by atoms with Gasteiger partial charge >= 0.3 is 8.05 Å². The third-order valence-electron chi connectivity index (χ3n) is 4.30. The lowest BCUT2D eigenvalue weighted by Gasteiger charge is -2.21. The minimum absolute atomic E-state index is 0.587. The van der Waals surface area contributed by atoms with Gasteiger partial charge in [-0.2, -0.15) is 0 Å². The minimum Gasteiger partial charge on any atom is -0.565 e. The van der Waals surface area contributed by atoms with Crippen molar-refractivity contribution < 1.29 is 9.39 Å². The highest BCUT2D eigenvalue weighted by Gasteiger charge is 2.10. The Morgan fingerprint density at radius 3 is 2.62 bits per heavy atom. The number of nitrogens with one attached hydrogen (secondary N) is 1. The number of ether oxygens (including phenoxy) is 1. The first kappa shape index (κ1) is 21.2. The van der Waals surface area contributed by atoms with Crippen molar-refractivity contribution in [1.82, 2.24) is 10.2 Å². The summed E-state index contributed by atoms with van der Waals surface area (Å²) in [6, 6.07) is 5.96. The van der Waals surface area contributed by atoms with Crippen molar-refractivity contribution in [1.29, 1.82) is 0 Å². The van der Waals surface area contributed by atoms with Crippen LogP contribution in [-0.2, 0) is 6.54 Å². The minimum atomic E-state index is 0.587. The number of nitrogens with zero attached hydrogens (tertiary/aromatic N) is 1. The first-order valence-electron chi connectivity index (χ1n) is 9.64. The van der Waals surface area contributed by atoms with Crippen LogP contribution >= 0.6 is 11.8 Å². The van der Waals surface area contributed by atoms with Crippen LogP contribution < -0.4 is 14.7 Å². The van der Waals surface area contributed by atoms with E-state index in [1.165, 1.54) is 30.8 Å². The molecule has 1 heterocycles. The highest BCUT2D eigenvalue weighted by Crippen LogP contribution is 2.30. The molecule has 0 aromatic heterocycles. The Morgan fingerprint density at radius 1 is 1.15 bits per heavy atom. The van der Waals surface area contributed by atoms with Gasteiger partial charge in [-0.1, -0.05) is 26.0 Å². The van der Waals surface area contributed by atoms with Gasteiger partial charge in [0.15, 0.2) is 5.75 Å². The van der Waals surface area contributed by atoms with Crippen LogP contribution in [0, 0.1) is 0 Å². The molecular weight excluding hydrogens is 343 g/mol. The van der Waals surface area contributed by atoms with E-state index in [2.05, 4.69) is 36.2 Å². The molecule has 0 atom stereocenters. The summed E-state index contributed by atoms with van der Waals surface area (Å²) in [6.07, 6.45) is 5.76. The second kappa shape index (κ2) is 12.3. The van der Waals surface area contributed by atoms with Crippen LogP contribution in [-0.4, -0.2) is 51.5 Å². The average molecular weight is 374 g/mol. The summed E-state index contributed by atoms with van der Waals surface area (Å²) in [4.78, 5) is 3.79. The van der Waals surface area contributed by atoms with Crippen molar-refractivity contribution in [3.05, 3.63) is 34.7 Å². The number of benzene rings is 1. The molecule has 0 fully saturated rings. The molecule has 2 radical (unpaired) electrons.